The summed E-state index contributed by atoms with van der Waals surface area (Å²) in [7, 11) is 0. The molecule has 214 valence electrons. The van der Waals surface area contributed by atoms with Crippen LogP contribution in [-0.2, 0) is 19.2 Å². The number of amides is 2. The zero-order valence-corrected chi connectivity index (χ0v) is 24.7. The summed E-state index contributed by atoms with van der Waals surface area (Å²) in [6, 6.07) is 0. The van der Waals surface area contributed by atoms with E-state index in [1.165, 1.54) is 31.3 Å². The standard InChI is InChI=1S/C33H47NO5/c1-20(2)21(3)7-8-22(4)26-11-12-27-25-10-9-23-19-24(38-31(37)39-34-29(35)13-14-30(34)36)15-17-32(23,5)28(25)16-18-33(26,27)6/h7-10,20-22,24,26-28H,11-19H2,1-6H3/b8-7+/t21-,22+,24-,26+,27-,28-,32-,33+/m0/s1. The zero-order chi connectivity index (χ0) is 28.1. The van der Waals surface area contributed by atoms with Gasteiger partial charge in [0, 0.05) is 19.3 Å². The summed E-state index contributed by atoms with van der Waals surface area (Å²) in [6.45, 7) is 14.3. The van der Waals surface area contributed by atoms with Gasteiger partial charge in [-0.1, -0.05) is 82.1 Å². The van der Waals surface area contributed by atoms with Gasteiger partial charge in [0.05, 0.1) is 0 Å². The van der Waals surface area contributed by atoms with Crippen LogP contribution >= 0.6 is 0 Å². The molecule has 4 aliphatic carbocycles. The minimum atomic E-state index is -0.962. The third-order valence-electron chi connectivity index (χ3n) is 11.4. The lowest BCUT2D eigenvalue weighted by atomic mass is 9.50. The maximum atomic E-state index is 12.4. The van der Waals surface area contributed by atoms with Crippen LogP contribution in [0.1, 0.15) is 99.3 Å². The Morgan fingerprint density at radius 3 is 2.36 bits per heavy atom. The number of ether oxygens (including phenoxy) is 1. The fourth-order valence-electron chi connectivity index (χ4n) is 8.57. The summed E-state index contributed by atoms with van der Waals surface area (Å²) in [5, 5.41) is 0.555. The number of rotatable bonds is 6. The largest absolute Gasteiger partial charge is 0.534 e. The van der Waals surface area contributed by atoms with Crippen LogP contribution in [0.2, 0.25) is 0 Å². The van der Waals surface area contributed by atoms with Crippen molar-refractivity contribution in [2.75, 3.05) is 0 Å². The van der Waals surface area contributed by atoms with Crippen molar-refractivity contribution >= 4 is 18.0 Å². The van der Waals surface area contributed by atoms with Crippen molar-refractivity contribution in [2.24, 2.45) is 46.3 Å². The number of carbonyl (C=O) groups is 3. The average molecular weight is 538 g/mol. The molecule has 1 aliphatic heterocycles. The van der Waals surface area contributed by atoms with E-state index in [1.807, 2.05) is 0 Å². The Hall–Kier alpha value is -2.37. The number of hydrogen-bond acceptors (Lipinski definition) is 5. The Kier molecular flexibility index (Phi) is 7.62. The Bertz CT molecular complexity index is 1090. The lowest BCUT2D eigenvalue weighted by molar-refractivity contribution is -0.179. The van der Waals surface area contributed by atoms with Crippen molar-refractivity contribution in [1.29, 1.82) is 0 Å². The molecule has 3 saturated carbocycles. The molecule has 0 aromatic rings. The molecule has 6 heteroatoms. The van der Waals surface area contributed by atoms with Crippen LogP contribution in [0, 0.1) is 46.3 Å². The number of carbonyl (C=O) groups excluding carboxylic acids is 3. The van der Waals surface area contributed by atoms with Crippen molar-refractivity contribution in [2.45, 2.75) is 105 Å². The fourth-order valence-corrected chi connectivity index (χ4v) is 8.57. The molecule has 1 saturated heterocycles. The molecule has 6 nitrogen and oxygen atoms in total. The smallest absolute Gasteiger partial charge is 0.429 e. The number of hydrogen-bond donors (Lipinski definition) is 0. The Balaban J connectivity index is 1.27. The minimum absolute atomic E-state index is 0.0740. The number of imide groups is 1. The van der Waals surface area contributed by atoms with Crippen LogP contribution in [0.4, 0.5) is 4.79 Å². The molecule has 5 aliphatic rings. The van der Waals surface area contributed by atoms with Crippen molar-refractivity contribution in [3.8, 4) is 0 Å². The van der Waals surface area contributed by atoms with Gasteiger partial charge in [-0.05, 0) is 84.9 Å². The van der Waals surface area contributed by atoms with E-state index in [1.54, 1.807) is 5.57 Å². The summed E-state index contributed by atoms with van der Waals surface area (Å²) >= 11 is 0. The maximum absolute atomic E-state index is 12.4. The first-order valence-corrected chi connectivity index (χ1v) is 15.3. The van der Waals surface area contributed by atoms with Gasteiger partial charge < -0.3 is 4.74 Å². The predicted octanol–water partition coefficient (Wildman–Crippen LogP) is 7.56. The number of nitrogens with zero attached hydrogens (tertiary/aromatic N) is 1. The molecule has 0 spiro atoms. The number of allylic oxidation sites excluding steroid dienone is 5. The van der Waals surface area contributed by atoms with Crippen molar-refractivity contribution in [3.05, 3.63) is 35.5 Å². The molecular weight excluding hydrogens is 490 g/mol. The van der Waals surface area contributed by atoms with Gasteiger partial charge in [-0.2, -0.15) is 0 Å². The molecule has 8 atom stereocenters. The first kappa shape index (κ1) is 28.2. The zero-order valence-electron chi connectivity index (χ0n) is 24.7. The Labute approximate surface area is 234 Å². The van der Waals surface area contributed by atoms with E-state index < -0.39 is 18.0 Å². The first-order valence-electron chi connectivity index (χ1n) is 15.3. The SMILES string of the molecule is CC(C)[C@@H](C)/C=C/[C@@H](C)[C@H]1CC[C@H]2C3=CC=C4C[C@@H](OC(=O)ON5C(=O)CCC5=O)CC[C@]4(C)[C@H]3CC[C@]12C. The molecule has 0 N–H and O–H groups in total. The van der Waals surface area contributed by atoms with E-state index in [0.717, 1.165) is 18.8 Å². The van der Waals surface area contributed by atoms with E-state index in [0.29, 0.717) is 46.5 Å². The Morgan fingerprint density at radius 1 is 0.949 bits per heavy atom. The van der Waals surface area contributed by atoms with E-state index >= 15 is 0 Å². The van der Waals surface area contributed by atoms with Gasteiger partial charge in [0.15, 0.2) is 0 Å². The second-order valence-corrected chi connectivity index (χ2v) is 13.9. The van der Waals surface area contributed by atoms with Crippen LogP contribution in [0.15, 0.2) is 35.5 Å². The van der Waals surface area contributed by atoms with Crippen molar-refractivity contribution in [3.63, 3.8) is 0 Å². The lowest BCUT2D eigenvalue weighted by Gasteiger charge is -2.55. The molecular formula is C33H47NO5. The molecule has 39 heavy (non-hydrogen) atoms. The highest BCUT2D eigenvalue weighted by molar-refractivity contribution is 6.01. The van der Waals surface area contributed by atoms with Crippen LogP contribution < -0.4 is 0 Å². The molecule has 4 fully saturated rings. The number of hydroxylamine groups is 2. The second kappa shape index (κ2) is 10.6. The quantitative estimate of drug-likeness (QED) is 0.199. The lowest BCUT2D eigenvalue weighted by Crippen LogP contribution is -2.47. The maximum Gasteiger partial charge on any atom is 0.534 e. The highest BCUT2D eigenvalue weighted by Gasteiger charge is 2.57. The van der Waals surface area contributed by atoms with Crippen molar-refractivity contribution in [1.82, 2.24) is 5.06 Å². The third-order valence-corrected chi connectivity index (χ3v) is 11.4. The molecule has 5 rings (SSSR count). The first-order chi connectivity index (χ1) is 18.4. The van der Waals surface area contributed by atoms with Crippen molar-refractivity contribution < 1.29 is 24.0 Å². The summed E-state index contributed by atoms with van der Waals surface area (Å²) in [6.07, 6.45) is 16.0. The van der Waals surface area contributed by atoms with Gasteiger partial charge in [0.1, 0.15) is 6.10 Å². The third kappa shape index (κ3) is 5.02. The molecule has 1 heterocycles. The monoisotopic (exact) mass is 537 g/mol. The molecule has 0 aromatic heterocycles. The highest BCUT2D eigenvalue weighted by atomic mass is 16.8. The van der Waals surface area contributed by atoms with E-state index in [-0.39, 0.29) is 24.4 Å². The van der Waals surface area contributed by atoms with Gasteiger partial charge in [0.25, 0.3) is 11.8 Å². The highest BCUT2D eigenvalue weighted by Crippen LogP contribution is 2.66. The summed E-state index contributed by atoms with van der Waals surface area (Å²) in [5.74, 6) is 2.83. The summed E-state index contributed by atoms with van der Waals surface area (Å²) in [5.41, 5.74) is 3.45. The topological polar surface area (TPSA) is 72.9 Å². The minimum Gasteiger partial charge on any atom is -0.429 e. The van der Waals surface area contributed by atoms with Crippen LogP contribution in [0.5, 0.6) is 0 Å². The van der Waals surface area contributed by atoms with Gasteiger partial charge in [0.2, 0.25) is 0 Å². The van der Waals surface area contributed by atoms with Gasteiger partial charge >= 0.3 is 6.16 Å². The second-order valence-electron chi connectivity index (χ2n) is 13.9. The van der Waals surface area contributed by atoms with E-state index in [4.69, 9.17) is 9.57 Å². The Morgan fingerprint density at radius 2 is 1.67 bits per heavy atom. The van der Waals surface area contributed by atoms with Crippen LogP contribution in [-0.4, -0.2) is 29.1 Å². The molecule has 0 bridgehead atoms. The molecule has 0 radical (unpaired) electrons. The van der Waals surface area contributed by atoms with Gasteiger partial charge in [-0.3, -0.25) is 14.4 Å². The van der Waals surface area contributed by atoms with Crippen LogP contribution in [0.3, 0.4) is 0 Å². The van der Waals surface area contributed by atoms with E-state index in [9.17, 15) is 14.4 Å². The number of fused-ring (bicyclic) bond motifs is 5. The van der Waals surface area contributed by atoms with E-state index in [2.05, 4.69) is 65.8 Å². The van der Waals surface area contributed by atoms with Crippen LogP contribution in [0.25, 0.3) is 0 Å². The molecule has 0 aromatic carbocycles. The summed E-state index contributed by atoms with van der Waals surface area (Å²) in [4.78, 5) is 40.9. The molecule has 0 unspecified atom stereocenters. The van der Waals surface area contributed by atoms with Gasteiger partial charge in [-0.25, -0.2) is 4.79 Å². The summed E-state index contributed by atoms with van der Waals surface area (Å²) < 4.78 is 5.58. The van der Waals surface area contributed by atoms with Gasteiger partial charge in [-0.15, -0.1) is 0 Å². The normalized spacial score (nSPS) is 37.7. The average Bonchev–Trinajstić information content (AvgIpc) is 3.41. The fraction of sp³-hybridized carbons (Fsp3) is 0.727. The molecule has 2 amide bonds. The predicted molar refractivity (Wildman–Crippen MR) is 150 cm³/mol.